The van der Waals surface area contributed by atoms with E-state index in [1.807, 2.05) is 24.3 Å². The summed E-state index contributed by atoms with van der Waals surface area (Å²) in [4.78, 5) is 20.7. The fourth-order valence-corrected chi connectivity index (χ4v) is 3.37. The van der Waals surface area contributed by atoms with Crippen molar-refractivity contribution in [1.29, 1.82) is 0 Å². The van der Waals surface area contributed by atoms with Crippen molar-refractivity contribution >= 4 is 35.8 Å². The summed E-state index contributed by atoms with van der Waals surface area (Å²) in [5, 5.41) is 6.79. The van der Waals surface area contributed by atoms with Gasteiger partial charge in [0.2, 0.25) is 0 Å². The monoisotopic (exact) mass is 517 g/mol. The predicted octanol–water partition coefficient (Wildman–Crippen LogP) is 2.17. The zero-order valence-electron chi connectivity index (χ0n) is 18.1. The Morgan fingerprint density at radius 1 is 1.28 bits per heavy atom. The van der Waals surface area contributed by atoms with Gasteiger partial charge in [0, 0.05) is 52.4 Å². The van der Waals surface area contributed by atoms with Gasteiger partial charge >= 0.3 is 0 Å². The molecular weight excluding hydrogens is 481 g/mol. The number of nitrogens with zero attached hydrogens (tertiary/aromatic N) is 3. The zero-order valence-corrected chi connectivity index (χ0v) is 20.4. The Morgan fingerprint density at radius 2 is 2.00 bits per heavy atom. The van der Waals surface area contributed by atoms with Gasteiger partial charge in [-0.05, 0) is 44.0 Å². The number of nitrogens with one attached hydrogen (secondary N) is 2. The molecule has 1 aromatic rings. The van der Waals surface area contributed by atoms with Gasteiger partial charge in [-0.25, -0.2) is 4.99 Å². The number of rotatable bonds is 9. The van der Waals surface area contributed by atoms with Crippen LogP contribution in [0.2, 0.25) is 0 Å². The van der Waals surface area contributed by atoms with Crippen LogP contribution in [0.5, 0.6) is 0 Å². The lowest BCUT2D eigenvalue weighted by molar-refractivity contribution is 0.0827. The Bertz CT molecular complexity index is 636. The molecule has 0 aliphatic carbocycles. The van der Waals surface area contributed by atoms with Gasteiger partial charge < -0.3 is 20.3 Å². The first-order chi connectivity index (χ1) is 13.5. The van der Waals surface area contributed by atoms with E-state index in [2.05, 4.69) is 22.5 Å². The summed E-state index contributed by atoms with van der Waals surface area (Å²) in [7, 11) is 5.27. The molecule has 0 aromatic heterocycles. The summed E-state index contributed by atoms with van der Waals surface area (Å²) in [6.07, 6.45) is 2.44. The van der Waals surface area contributed by atoms with Crippen LogP contribution in [0.15, 0.2) is 29.3 Å². The van der Waals surface area contributed by atoms with Crippen LogP contribution >= 0.6 is 24.0 Å². The molecule has 8 heteroatoms. The summed E-state index contributed by atoms with van der Waals surface area (Å²) in [5.74, 6) is 0.842. The normalized spacial score (nSPS) is 17.0. The van der Waals surface area contributed by atoms with E-state index < -0.39 is 0 Å². The molecular formula is C21H36IN5O2. The third-order valence-electron chi connectivity index (χ3n) is 4.96. The van der Waals surface area contributed by atoms with Crippen molar-refractivity contribution in [2.45, 2.75) is 32.4 Å². The van der Waals surface area contributed by atoms with E-state index in [0.717, 1.165) is 44.3 Å². The predicted molar refractivity (Wildman–Crippen MR) is 129 cm³/mol. The van der Waals surface area contributed by atoms with E-state index in [1.165, 1.54) is 12.8 Å². The lowest BCUT2D eigenvalue weighted by Crippen LogP contribution is -2.45. The van der Waals surface area contributed by atoms with Gasteiger partial charge in [-0.1, -0.05) is 12.1 Å². The van der Waals surface area contributed by atoms with Crippen molar-refractivity contribution in [3.8, 4) is 0 Å². The average Bonchev–Trinajstić information content (AvgIpc) is 3.15. The highest BCUT2D eigenvalue weighted by Gasteiger charge is 2.23. The number of carbonyl (C=O) groups excluding carboxylic acids is 1. The molecule has 1 atom stereocenters. The summed E-state index contributed by atoms with van der Waals surface area (Å²) in [6.45, 7) is 7.24. The average molecular weight is 517 g/mol. The molecule has 2 rings (SSSR count). The van der Waals surface area contributed by atoms with E-state index in [0.29, 0.717) is 18.2 Å². The minimum atomic E-state index is 0. The van der Waals surface area contributed by atoms with Crippen molar-refractivity contribution in [3.05, 3.63) is 35.4 Å². The number of ether oxygens (including phenoxy) is 1. The van der Waals surface area contributed by atoms with Crippen molar-refractivity contribution in [2.75, 3.05) is 54.0 Å². The van der Waals surface area contributed by atoms with Gasteiger partial charge in [0.05, 0.1) is 13.2 Å². The van der Waals surface area contributed by atoms with Gasteiger partial charge in [-0.2, -0.15) is 0 Å². The second-order valence-electron chi connectivity index (χ2n) is 7.30. The first kappa shape index (κ1) is 25.6. The Balaban J connectivity index is 0.00000420. The number of hydrogen-bond acceptors (Lipinski definition) is 4. The third-order valence-corrected chi connectivity index (χ3v) is 4.96. The standard InChI is InChI=1S/C21H35N5O2.HI/c1-5-22-21(24-16-19-7-6-12-26(19)13-14-28-4)23-15-17-8-10-18(11-9-17)20(27)25(2)3;/h8-11,19H,5-7,12-16H2,1-4H3,(H2,22,23,24);1H. The number of methoxy groups -OCH3 is 1. The van der Waals surface area contributed by atoms with Crippen LogP contribution in [0.3, 0.4) is 0 Å². The molecule has 1 saturated heterocycles. The van der Waals surface area contributed by atoms with E-state index in [1.54, 1.807) is 26.1 Å². The number of benzene rings is 1. The van der Waals surface area contributed by atoms with Gasteiger partial charge in [0.15, 0.2) is 5.96 Å². The molecule has 1 unspecified atom stereocenters. The maximum Gasteiger partial charge on any atom is 0.253 e. The third kappa shape index (κ3) is 8.47. The first-order valence-electron chi connectivity index (χ1n) is 10.1. The minimum absolute atomic E-state index is 0. The summed E-state index contributed by atoms with van der Waals surface area (Å²) >= 11 is 0. The molecule has 0 saturated carbocycles. The molecule has 0 spiro atoms. The Hall–Kier alpha value is -1.39. The van der Waals surface area contributed by atoms with Gasteiger partial charge in [-0.3, -0.25) is 9.69 Å². The van der Waals surface area contributed by atoms with E-state index in [4.69, 9.17) is 9.73 Å². The van der Waals surface area contributed by atoms with Crippen LogP contribution in [-0.4, -0.2) is 81.7 Å². The fraction of sp³-hybridized carbons (Fsp3) is 0.619. The maximum absolute atomic E-state index is 12.0. The smallest absolute Gasteiger partial charge is 0.253 e. The number of guanidine groups is 1. The van der Waals surface area contributed by atoms with Crippen LogP contribution in [0.4, 0.5) is 0 Å². The number of amides is 1. The lowest BCUT2D eigenvalue weighted by atomic mass is 10.1. The molecule has 164 valence electrons. The molecule has 0 bridgehead atoms. The second kappa shape index (κ2) is 13.8. The minimum Gasteiger partial charge on any atom is -0.383 e. The van der Waals surface area contributed by atoms with Crippen LogP contribution in [0.25, 0.3) is 0 Å². The summed E-state index contributed by atoms with van der Waals surface area (Å²) < 4.78 is 5.22. The number of aliphatic imine (C=N–C) groups is 1. The van der Waals surface area contributed by atoms with E-state index in [9.17, 15) is 4.79 Å². The molecule has 1 amide bonds. The van der Waals surface area contributed by atoms with Crippen LogP contribution in [0.1, 0.15) is 35.7 Å². The number of hydrogen-bond donors (Lipinski definition) is 2. The summed E-state index contributed by atoms with van der Waals surface area (Å²) in [5.41, 5.74) is 1.77. The molecule has 1 heterocycles. The first-order valence-corrected chi connectivity index (χ1v) is 10.1. The summed E-state index contributed by atoms with van der Waals surface area (Å²) in [6, 6.07) is 8.18. The zero-order chi connectivity index (χ0) is 20.4. The van der Waals surface area contributed by atoms with Crippen LogP contribution in [0, 0.1) is 0 Å². The number of likely N-dealkylation sites (tertiary alicyclic amines) is 1. The molecule has 1 aliphatic heterocycles. The molecule has 1 fully saturated rings. The second-order valence-corrected chi connectivity index (χ2v) is 7.30. The van der Waals surface area contributed by atoms with Crippen molar-refractivity contribution < 1.29 is 9.53 Å². The van der Waals surface area contributed by atoms with E-state index in [-0.39, 0.29) is 29.9 Å². The Labute approximate surface area is 192 Å². The largest absolute Gasteiger partial charge is 0.383 e. The quantitative estimate of drug-likeness (QED) is 0.299. The SMILES string of the molecule is CCNC(=NCc1ccc(C(=O)N(C)C)cc1)NCC1CCCN1CCOC.I. The van der Waals surface area contributed by atoms with Crippen LogP contribution < -0.4 is 10.6 Å². The highest BCUT2D eigenvalue weighted by atomic mass is 127. The Morgan fingerprint density at radius 3 is 2.62 bits per heavy atom. The van der Waals surface area contributed by atoms with Crippen molar-refractivity contribution in [2.24, 2.45) is 4.99 Å². The van der Waals surface area contributed by atoms with Crippen molar-refractivity contribution in [3.63, 3.8) is 0 Å². The van der Waals surface area contributed by atoms with Gasteiger partial charge in [0.1, 0.15) is 0 Å². The highest BCUT2D eigenvalue weighted by Crippen LogP contribution is 2.15. The number of halogens is 1. The van der Waals surface area contributed by atoms with Gasteiger partial charge in [0.25, 0.3) is 5.91 Å². The molecule has 1 aliphatic rings. The van der Waals surface area contributed by atoms with E-state index >= 15 is 0 Å². The topological polar surface area (TPSA) is 69.2 Å². The lowest BCUT2D eigenvalue weighted by Gasteiger charge is -2.25. The molecule has 29 heavy (non-hydrogen) atoms. The van der Waals surface area contributed by atoms with Crippen molar-refractivity contribution in [1.82, 2.24) is 20.4 Å². The molecule has 7 nitrogen and oxygen atoms in total. The maximum atomic E-state index is 12.0. The highest BCUT2D eigenvalue weighted by molar-refractivity contribution is 14.0. The molecule has 1 aromatic carbocycles. The molecule has 2 N–H and O–H groups in total. The number of carbonyl (C=O) groups is 1. The fourth-order valence-electron chi connectivity index (χ4n) is 3.37. The van der Waals surface area contributed by atoms with Gasteiger partial charge in [-0.15, -0.1) is 24.0 Å². The van der Waals surface area contributed by atoms with Crippen LogP contribution in [-0.2, 0) is 11.3 Å². The molecule has 0 radical (unpaired) electrons. The Kier molecular flexibility index (Phi) is 12.2.